The van der Waals surface area contributed by atoms with Gasteiger partial charge in [0.2, 0.25) is 0 Å². The summed E-state index contributed by atoms with van der Waals surface area (Å²) in [7, 11) is 0. The minimum atomic E-state index is -0.733. The number of hydrogen-bond acceptors (Lipinski definition) is 2. The van der Waals surface area contributed by atoms with Crippen LogP contribution in [0.2, 0.25) is 5.02 Å². The van der Waals surface area contributed by atoms with E-state index < -0.39 is 5.54 Å². The standard InChI is InChI=1S/C14H16ClN3O/c15-11-6-2-3-7-12(11)17-13(19)18-14(10-16)8-4-1-5-9-14/h2-3,6-7H,1,4-5,8-9H2,(H2,17,18,19). The fourth-order valence-corrected chi connectivity index (χ4v) is 2.54. The van der Waals surface area contributed by atoms with E-state index >= 15 is 0 Å². The van der Waals surface area contributed by atoms with Gasteiger partial charge < -0.3 is 10.6 Å². The maximum atomic E-state index is 12.0. The predicted molar refractivity (Wildman–Crippen MR) is 75.0 cm³/mol. The van der Waals surface area contributed by atoms with Crippen molar-refractivity contribution in [2.24, 2.45) is 0 Å². The molecule has 2 N–H and O–H groups in total. The summed E-state index contributed by atoms with van der Waals surface area (Å²) in [6.45, 7) is 0. The van der Waals surface area contributed by atoms with E-state index in [9.17, 15) is 10.1 Å². The second-order valence-electron chi connectivity index (χ2n) is 4.81. The van der Waals surface area contributed by atoms with Crippen LogP contribution < -0.4 is 10.6 Å². The Hall–Kier alpha value is -1.73. The van der Waals surface area contributed by atoms with Crippen molar-refractivity contribution in [3.63, 3.8) is 0 Å². The van der Waals surface area contributed by atoms with E-state index in [4.69, 9.17) is 11.6 Å². The molecule has 0 bridgehead atoms. The zero-order chi connectivity index (χ0) is 13.7. The van der Waals surface area contributed by atoms with Crippen molar-refractivity contribution in [3.05, 3.63) is 29.3 Å². The molecule has 0 radical (unpaired) electrons. The van der Waals surface area contributed by atoms with Gasteiger partial charge in [0.25, 0.3) is 0 Å². The maximum absolute atomic E-state index is 12.0. The van der Waals surface area contributed by atoms with Gasteiger partial charge in [-0.05, 0) is 25.0 Å². The van der Waals surface area contributed by atoms with Crippen molar-refractivity contribution in [2.45, 2.75) is 37.6 Å². The van der Waals surface area contributed by atoms with E-state index in [0.29, 0.717) is 23.6 Å². The molecule has 100 valence electrons. The number of hydrogen-bond donors (Lipinski definition) is 2. The Bertz CT molecular complexity index is 504. The van der Waals surface area contributed by atoms with E-state index in [1.807, 2.05) is 0 Å². The van der Waals surface area contributed by atoms with Gasteiger partial charge in [0.15, 0.2) is 0 Å². The third kappa shape index (κ3) is 3.39. The van der Waals surface area contributed by atoms with Crippen LogP contribution in [0.4, 0.5) is 10.5 Å². The average molecular weight is 278 g/mol. The van der Waals surface area contributed by atoms with Crippen LogP contribution in [0, 0.1) is 11.3 Å². The largest absolute Gasteiger partial charge is 0.320 e. The van der Waals surface area contributed by atoms with Crippen LogP contribution in [0.3, 0.4) is 0 Å². The third-order valence-corrected chi connectivity index (χ3v) is 3.73. The van der Waals surface area contributed by atoms with E-state index in [2.05, 4.69) is 16.7 Å². The Morgan fingerprint density at radius 3 is 2.58 bits per heavy atom. The molecule has 2 amide bonds. The molecule has 0 saturated heterocycles. The molecule has 0 aliphatic heterocycles. The van der Waals surface area contributed by atoms with Crippen molar-refractivity contribution < 1.29 is 4.79 Å². The molecule has 0 aromatic heterocycles. The lowest BCUT2D eigenvalue weighted by atomic mass is 9.83. The molecular weight excluding hydrogens is 262 g/mol. The van der Waals surface area contributed by atoms with Gasteiger partial charge in [-0.25, -0.2) is 4.79 Å². The summed E-state index contributed by atoms with van der Waals surface area (Å²) in [5.41, 5.74) is -0.186. The lowest BCUT2D eigenvalue weighted by Gasteiger charge is -2.31. The Labute approximate surface area is 117 Å². The molecular formula is C14H16ClN3O. The number of halogens is 1. The molecule has 0 spiro atoms. The molecule has 1 saturated carbocycles. The highest BCUT2D eigenvalue weighted by molar-refractivity contribution is 6.33. The number of anilines is 1. The number of urea groups is 1. The molecule has 1 aliphatic carbocycles. The number of benzene rings is 1. The van der Waals surface area contributed by atoms with Crippen LogP contribution in [-0.2, 0) is 0 Å². The van der Waals surface area contributed by atoms with Crippen LogP contribution in [-0.4, -0.2) is 11.6 Å². The Morgan fingerprint density at radius 2 is 1.95 bits per heavy atom. The van der Waals surface area contributed by atoms with Crippen molar-refractivity contribution in [1.29, 1.82) is 5.26 Å². The normalized spacial score (nSPS) is 17.3. The van der Waals surface area contributed by atoms with Crippen molar-refractivity contribution >= 4 is 23.3 Å². The van der Waals surface area contributed by atoms with E-state index in [1.54, 1.807) is 24.3 Å². The van der Waals surface area contributed by atoms with Gasteiger partial charge in [-0.15, -0.1) is 0 Å². The molecule has 19 heavy (non-hydrogen) atoms. The van der Waals surface area contributed by atoms with Gasteiger partial charge in [0.1, 0.15) is 5.54 Å². The maximum Gasteiger partial charge on any atom is 0.320 e. The second-order valence-corrected chi connectivity index (χ2v) is 5.22. The van der Waals surface area contributed by atoms with E-state index in [1.165, 1.54) is 0 Å². The van der Waals surface area contributed by atoms with Gasteiger partial charge in [-0.3, -0.25) is 0 Å². The first-order chi connectivity index (χ1) is 9.15. The summed E-state index contributed by atoms with van der Waals surface area (Å²) in [5, 5.41) is 15.2. The fourth-order valence-electron chi connectivity index (χ4n) is 2.35. The number of carbonyl (C=O) groups excluding carboxylic acids is 1. The van der Waals surface area contributed by atoms with Gasteiger partial charge in [0, 0.05) is 0 Å². The monoisotopic (exact) mass is 277 g/mol. The van der Waals surface area contributed by atoms with Gasteiger partial charge in [0.05, 0.1) is 16.8 Å². The lowest BCUT2D eigenvalue weighted by molar-refractivity contribution is 0.233. The van der Waals surface area contributed by atoms with Crippen molar-refractivity contribution in [2.75, 3.05) is 5.32 Å². The SMILES string of the molecule is N#CC1(NC(=O)Nc2ccccc2Cl)CCCCC1. The molecule has 2 rings (SSSR count). The highest BCUT2D eigenvalue weighted by Gasteiger charge is 2.33. The van der Waals surface area contributed by atoms with E-state index in [-0.39, 0.29) is 6.03 Å². The fraction of sp³-hybridized carbons (Fsp3) is 0.429. The van der Waals surface area contributed by atoms with Gasteiger partial charge >= 0.3 is 6.03 Å². The number of nitrogens with one attached hydrogen (secondary N) is 2. The molecule has 0 atom stereocenters. The van der Waals surface area contributed by atoms with Gasteiger partial charge in [-0.2, -0.15) is 5.26 Å². The molecule has 4 nitrogen and oxygen atoms in total. The first kappa shape index (κ1) is 13.7. The molecule has 1 fully saturated rings. The zero-order valence-electron chi connectivity index (χ0n) is 10.6. The Morgan fingerprint density at radius 1 is 1.26 bits per heavy atom. The first-order valence-electron chi connectivity index (χ1n) is 6.40. The molecule has 1 aromatic rings. The third-order valence-electron chi connectivity index (χ3n) is 3.40. The summed E-state index contributed by atoms with van der Waals surface area (Å²) < 4.78 is 0. The summed E-state index contributed by atoms with van der Waals surface area (Å²) >= 11 is 5.97. The van der Waals surface area contributed by atoms with Crippen LogP contribution in [0.1, 0.15) is 32.1 Å². The minimum Gasteiger partial charge on any atom is -0.319 e. The van der Waals surface area contributed by atoms with Crippen molar-refractivity contribution in [1.82, 2.24) is 5.32 Å². The van der Waals surface area contributed by atoms with Gasteiger partial charge in [-0.1, -0.05) is 43.0 Å². The predicted octanol–water partition coefficient (Wildman–Crippen LogP) is 3.69. The molecule has 1 aromatic carbocycles. The van der Waals surface area contributed by atoms with E-state index in [0.717, 1.165) is 19.3 Å². The van der Waals surface area contributed by atoms with Crippen molar-refractivity contribution in [3.8, 4) is 6.07 Å². The minimum absolute atomic E-state index is 0.378. The van der Waals surface area contributed by atoms with Crippen LogP contribution in [0.5, 0.6) is 0 Å². The topological polar surface area (TPSA) is 64.9 Å². The number of rotatable bonds is 2. The smallest absolute Gasteiger partial charge is 0.319 e. The quantitative estimate of drug-likeness (QED) is 0.866. The number of para-hydroxylation sites is 1. The molecule has 1 aliphatic rings. The first-order valence-corrected chi connectivity index (χ1v) is 6.78. The average Bonchev–Trinajstić information content (AvgIpc) is 2.42. The Kier molecular flexibility index (Phi) is 4.28. The number of nitriles is 1. The number of nitrogens with zero attached hydrogens (tertiary/aromatic N) is 1. The summed E-state index contributed by atoms with van der Waals surface area (Å²) in [6, 6.07) is 8.88. The van der Waals surface area contributed by atoms with Crippen LogP contribution in [0.15, 0.2) is 24.3 Å². The molecule has 0 heterocycles. The summed E-state index contributed by atoms with van der Waals surface area (Å²) in [5.74, 6) is 0. The number of amides is 2. The van der Waals surface area contributed by atoms with Crippen LogP contribution in [0.25, 0.3) is 0 Å². The highest BCUT2D eigenvalue weighted by atomic mass is 35.5. The molecule has 0 unspecified atom stereocenters. The lowest BCUT2D eigenvalue weighted by Crippen LogP contribution is -2.50. The second kappa shape index (κ2) is 5.94. The zero-order valence-corrected chi connectivity index (χ0v) is 11.3. The summed E-state index contributed by atoms with van der Waals surface area (Å²) in [6.07, 6.45) is 4.48. The van der Waals surface area contributed by atoms with Crippen LogP contribution >= 0.6 is 11.6 Å². The Balaban J connectivity index is 2.01. The molecule has 5 heteroatoms. The summed E-state index contributed by atoms with van der Waals surface area (Å²) in [4.78, 5) is 12.0. The number of carbonyl (C=O) groups is 1. The highest BCUT2D eigenvalue weighted by Crippen LogP contribution is 2.28.